The third-order valence-electron chi connectivity index (χ3n) is 2.75. The number of sulfonamides is 1. The first-order valence-corrected chi connectivity index (χ1v) is 8.52. The van der Waals surface area contributed by atoms with Gasteiger partial charge in [0, 0.05) is 24.5 Å². The van der Waals surface area contributed by atoms with Gasteiger partial charge in [-0.3, -0.25) is 9.20 Å². The van der Waals surface area contributed by atoms with Crippen LogP contribution in [0.5, 0.6) is 0 Å². The fraction of sp³-hybridized carbons (Fsp3) is 0.400. The van der Waals surface area contributed by atoms with Crippen LogP contribution in [0.3, 0.4) is 0 Å². The van der Waals surface area contributed by atoms with Crippen molar-refractivity contribution in [2.45, 2.75) is 24.3 Å². The molecule has 9 nitrogen and oxygen atoms in total. The number of anilines is 1. The summed E-state index contributed by atoms with van der Waals surface area (Å²) in [4.78, 5) is 15.2. The molecule has 2 rings (SSSR count). The van der Waals surface area contributed by atoms with Gasteiger partial charge in [-0.25, -0.2) is 19.0 Å². The van der Waals surface area contributed by atoms with Crippen molar-refractivity contribution < 1.29 is 13.2 Å². The van der Waals surface area contributed by atoms with Crippen LogP contribution in [-0.2, 0) is 14.8 Å². The Balaban J connectivity index is 2.10. The van der Waals surface area contributed by atoms with Crippen molar-refractivity contribution in [1.82, 2.24) is 14.1 Å². The Hall–Kier alpha value is -1.69. The number of primary amides is 1. The molecule has 0 aliphatic heterocycles. The van der Waals surface area contributed by atoms with Crippen LogP contribution in [0.1, 0.15) is 19.3 Å². The van der Waals surface area contributed by atoms with Gasteiger partial charge < -0.3 is 11.2 Å². The van der Waals surface area contributed by atoms with Crippen LogP contribution in [0, 0.1) is 0 Å². The van der Waals surface area contributed by atoms with Gasteiger partial charge in [-0.2, -0.15) is 4.98 Å². The Morgan fingerprint density at radius 2 is 2.19 bits per heavy atom. The van der Waals surface area contributed by atoms with Crippen molar-refractivity contribution in [2.75, 3.05) is 12.0 Å². The summed E-state index contributed by atoms with van der Waals surface area (Å²) < 4.78 is 28.6. The number of hydrogen-bond donors (Lipinski definition) is 4. The number of amides is 1. The number of nitrogens with one attached hydrogen (secondary N) is 2. The number of carbonyl (C=O) groups is 1. The number of thiazole rings is 1. The molecule has 11 heteroatoms. The van der Waals surface area contributed by atoms with Crippen molar-refractivity contribution in [1.29, 1.82) is 0 Å². The Kier molecular flexibility index (Phi) is 4.77. The molecule has 0 bridgehead atoms. The molecule has 0 unspecified atom stereocenters. The van der Waals surface area contributed by atoms with Gasteiger partial charge >= 0.3 is 0 Å². The Morgan fingerprint density at radius 1 is 1.43 bits per heavy atom. The summed E-state index contributed by atoms with van der Waals surface area (Å²) in [5.41, 5.74) is 7.30. The summed E-state index contributed by atoms with van der Waals surface area (Å²) in [6.07, 6.45) is 2.88. The smallest absolute Gasteiger partial charge is 0.260 e. The molecule has 116 valence electrons. The number of imidazole rings is 1. The van der Waals surface area contributed by atoms with Crippen LogP contribution in [-0.4, -0.2) is 30.3 Å². The zero-order valence-corrected chi connectivity index (χ0v) is 12.7. The van der Waals surface area contributed by atoms with Gasteiger partial charge in [0.25, 0.3) is 10.0 Å². The van der Waals surface area contributed by atoms with E-state index in [1.807, 2.05) is 0 Å². The molecule has 6 N–H and O–H groups in total. The highest BCUT2D eigenvalue weighted by molar-refractivity contribution is 7.89. The molecule has 0 saturated carbocycles. The number of nitrogens with two attached hydrogens (primary N) is 2. The lowest BCUT2D eigenvalue weighted by atomic mass is 10.2. The number of hydrogen-bond acceptors (Lipinski definition) is 7. The first-order valence-electron chi connectivity index (χ1n) is 6.16. The third-order valence-corrected chi connectivity index (χ3v) is 4.99. The highest BCUT2D eigenvalue weighted by Gasteiger charge is 2.25. The number of fused-ring (bicyclic) bond motifs is 1. The minimum atomic E-state index is -3.76. The largest absolute Gasteiger partial charge is 0.370 e. The molecular weight excluding hydrogens is 316 g/mol. The standard InChI is InChI=1S/C10H16N6O3S2/c11-7(17)3-1-2-4-13-21(18,19)9-8(15-12)14-10-16(9)5-6-20-10/h5-6,13,15H,1-4,12H2,(H2,11,17). The predicted octanol–water partition coefficient (Wildman–Crippen LogP) is -0.385. The number of rotatable bonds is 8. The van der Waals surface area contributed by atoms with Crippen molar-refractivity contribution in [3.05, 3.63) is 11.6 Å². The van der Waals surface area contributed by atoms with E-state index in [9.17, 15) is 13.2 Å². The second-order valence-corrected chi connectivity index (χ2v) is 6.84. The molecule has 2 heterocycles. The van der Waals surface area contributed by atoms with Crippen LogP contribution in [0.2, 0.25) is 0 Å². The van der Waals surface area contributed by atoms with Gasteiger partial charge in [-0.05, 0) is 12.8 Å². The summed E-state index contributed by atoms with van der Waals surface area (Å²) in [7, 11) is -3.76. The lowest BCUT2D eigenvalue weighted by molar-refractivity contribution is -0.118. The van der Waals surface area contributed by atoms with Crippen LogP contribution < -0.4 is 21.7 Å². The average Bonchev–Trinajstić information content (AvgIpc) is 2.96. The summed E-state index contributed by atoms with van der Waals surface area (Å²) in [5, 5.41) is 1.70. The van der Waals surface area contributed by atoms with Gasteiger partial charge in [0.05, 0.1) is 0 Å². The van der Waals surface area contributed by atoms with E-state index >= 15 is 0 Å². The molecule has 1 amide bonds. The maximum Gasteiger partial charge on any atom is 0.260 e. The summed E-state index contributed by atoms with van der Waals surface area (Å²) in [6.45, 7) is 0.205. The van der Waals surface area contributed by atoms with Crippen LogP contribution >= 0.6 is 11.3 Å². The number of aromatic nitrogens is 2. The zero-order chi connectivity index (χ0) is 15.5. The first kappa shape index (κ1) is 15.7. The SMILES string of the molecule is NNc1nc2sccn2c1S(=O)(=O)NCCCCC(N)=O. The van der Waals surface area contributed by atoms with Gasteiger partial charge in [0.2, 0.25) is 10.9 Å². The molecule has 0 aliphatic carbocycles. The van der Waals surface area contributed by atoms with Crippen molar-refractivity contribution >= 4 is 38.0 Å². The summed E-state index contributed by atoms with van der Waals surface area (Å²) in [6, 6.07) is 0. The van der Waals surface area contributed by atoms with E-state index in [0.29, 0.717) is 17.8 Å². The van der Waals surface area contributed by atoms with Crippen molar-refractivity contribution in [3.63, 3.8) is 0 Å². The maximum atomic E-state index is 12.3. The minimum Gasteiger partial charge on any atom is -0.370 e. The van der Waals surface area contributed by atoms with E-state index in [4.69, 9.17) is 11.6 Å². The third kappa shape index (κ3) is 3.50. The summed E-state index contributed by atoms with van der Waals surface area (Å²) in [5.74, 6) is 5.00. The average molecular weight is 332 g/mol. The lowest BCUT2D eigenvalue weighted by Crippen LogP contribution is -2.27. The highest BCUT2D eigenvalue weighted by atomic mass is 32.2. The molecule has 0 aliphatic rings. The number of carbonyl (C=O) groups excluding carboxylic acids is 1. The first-order chi connectivity index (χ1) is 9.95. The molecule has 21 heavy (non-hydrogen) atoms. The van der Waals surface area contributed by atoms with Crippen molar-refractivity contribution in [3.8, 4) is 0 Å². The fourth-order valence-corrected chi connectivity index (χ4v) is 3.90. The molecule has 2 aromatic heterocycles. The number of nitrogens with zero attached hydrogens (tertiary/aromatic N) is 2. The highest BCUT2D eigenvalue weighted by Crippen LogP contribution is 2.24. The minimum absolute atomic E-state index is 0.0313. The maximum absolute atomic E-state index is 12.3. The zero-order valence-electron chi connectivity index (χ0n) is 11.1. The molecule has 2 aromatic rings. The molecule has 0 saturated heterocycles. The monoisotopic (exact) mass is 332 g/mol. The molecule has 0 radical (unpaired) electrons. The van der Waals surface area contributed by atoms with E-state index < -0.39 is 15.9 Å². The molecule has 0 aromatic carbocycles. The number of hydrazine groups is 1. The van der Waals surface area contributed by atoms with E-state index in [1.54, 1.807) is 11.6 Å². The molecule has 0 atom stereocenters. The van der Waals surface area contributed by atoms with E-state index in [-0.39, 0.29) is 23.8 Å². The Morgan fingerprint density at radius 3 is 2.86 bits per heavy atom. The topological polar surface area (TPSA) is 145 Å². The van der Waals surface area contributed by atoms with Crippen LogP contribution in [0.4, 0.5) is 5.82 Å². The predicted molar refractivity (Wildman–Crippen MR) is 79.1 cm³/mol. The summed E-state index contributed by atoms with van der Waals surface area (Å²) >= 11 is 1.30. The van der Waals surface area contributed by atoms with E-state index in [0.717, 1.165) is 0 Å². The van der Waals surface area contributed by atoms with Gasteiger partial charge in [-0.15, -0.1) is 11.3 Å². The van der Waals surface area contributed by atoms with Crippen molar-refractivity contribution in [2.24, 2.45) is 11.6 Å². The van der Waals surface area contributed by atoms with Crippen LogP contribution in [0.25, 0.3) is 4.96 Å². The van der Waals surface area contributed by atoms with Gasteiger partial charge in [0.1, 0.15) is 0 Å². The molecule has 0 fully saturated rings. The normalized spacial score (nSPS) is 11.9. The second kappa shape index (κ2) is 6.39. The molecule has 0 spiro atoms. The Labute approximate surface area is 125 Å². The molecular formula is C10H16N6O3S2. The fourth-order valence-electron chi connectivity index (χ4n) is 1.81. The van der Waals surface area contributed by atoms with Gasteiger partial charge in [0.15, 0.2) is 10.8 Å². The van der Waals surface area contributed by atoms with E-state index in [2.05, 4.69) is 15.1 Å². The number of nitrogen functional groups attached to an aromatic ring is 1. The lowest BCUT2D eigenvalue weighted by Gasteiger charge is -2.07. The van der Waals surface area contributed by atoms with E-state index in [1.165, 1.54) is 15.7 Å². The number of unbranched alkanes of at least 4 members (excludes halogenated alkanes) is 1. The van der Waals surface area contributed by atoms with Crippen LogP contribution in [0.15, 0.2) is 16.6 Å². The quantitative estimate of drug-likeness (QED) is 0.294. The Bertz CT molecular complexity index is 735. The van der Waals surface area contributed by atoms with Gasteiger partial charge in [-0.1, -0.05) is 0 Å². The second-order valence-electron chi connectivity index (χ2n) is 4.29.